The Hall–Kier alpha value is -2.73. The van der Waals surface area contributed by atoms with Gasteiger partial charge < -0.3 is 15.0 Å². The third-order valence-electron chi connectivity index (χ3n) is 3.98. The molecular weight excluding hydrogens is 323 g/mol. The van der Waals surface area contributed by atoms with Crippen LogP contribution in [-0.4, -0.2) is 43.0 Å². The lowest BCUT2D eigenvalue weighted by molar-refractivity contribution is -0.115. The normalized spacial score (nSPS) is 14.2. The van der Waals surface area contributed by atoms with Crippen LogP contribution in [0.25, 0.3) is 0 Å². The van der Waals surface area contributed by atoms with Crippen molar-refractivity contribution in [3.8, 4) is 0 Å². The van der Waals surface area contributed by atoms with E-state index in [0.29, 0.717) is 43.1 Å². The summed E-state index contributed by atoms with van der Waals surface area (Å²) >= 11 is 0. The maximum atomic E-state index is 13.2. The molecule has 0 aromatic heterocycles. The van der Waals surface area contributed by atoms with Gasteiger partial charge in [-0.15, -0.1) is 0 Å². The zero-order valence-corrected chi connectivity index (χ0v) is 13.7. The van der Waals surface area contributed by atoms with Crippen molar-refractivity contribution < 1.29 is 18.7 Å². The van der Waals surface area contributed by atoms with Crippen molar-refractivity contribution in [2.24, 2.45) is 0 Å². The summed E-state index contributed by atoms with van der Waals surface area (Å²) in [4.78, 5) is 26.6. The lowest BCUT2D eigenvalue weighted by Crippen LogP contribution is -2.41. The van der Waals surface area contributed by atoms with Crippen LogP contribution in [0, 0.1) is 5.82 Å². The van der Waals surface area contributed by atoms with Gasteiger partial charge in [0.2, 0.25) is 5.91 Å². The van der Waals surface area contributed by atoms with E-state index in [9.17, 15) is 14.0 Å². The van der Waals surface area contributed by atoms with Gasteiger partial charge in [-0.25, -0.2) is 4.39 Å². The number of anilines is 1. The van der Waals surface area contributed by atoms with E-state index in [1.165, 1.54) is 12.1 Å². The number of para-hydroxylation sites is 1. The second-order valence-electron chi connectivity index (χ2n) is 5.81. The summed E-state index contributed by atoms with van der Waals surface area (Å²) in [5.74, 6) is -0.814. The molecular formula is C19H19FN2O3. The molecule has 130 valence electrons. The van der Waals surface area contributed by atoms with Gasteiger partial charge in [0.05, 0.1) is 30.9 Å². The van der Waals surface area contributed by atoms with E-state index < -0.39 is 0 Å². The molecule has 0 atom stereocenters. The monoisotopic (exact) mass is 342 g/mol. The van der Waals surface area contributed by atoms with E-state index in [2.05, 4.69) is 5.32 Å². The fourth-order valence-electron chi connectivity index (χ4n) is 2.74. The number of benzene rings is 2. The van der Waals surface area contributed by atoms with Gasteiger partial charge in [0, 0.05) is 13.1 Å². The van der Waals surface area contributed by atoms with Crippen LogP contribution < -0.4 is 5.32 Å². The number of morpholine rings is 1. The first-order chi connectivity index (χ1) is 12.1. The van der Waals surface area contributed by atoms with E-state index in [4.69, 9.17) is 4.74 Å². The van der Waals surface area contributed by atoms with E-state index in [0.717, 1.165) is 0 Å². The maximum Gasteiger partial charge on any atom is 0.256 e. The molecule has 3 rings (SSSR count). The third-order valence-corrected chi connectivity index (χ3v) is 3.98. The van der Waals surface area contributed by atoms with E-state index in [1.54, 1.807) is 41.3 Å². The summed E-state index contributed by atoms with van der Waals surface area (Å²) in [7, 11) is 0. The summed E-state index contributed by atoms with van der Waals surface area (Å²) in [5.41, 5.74) is 1.48. The molecule has 1 heterocycles. The number of halogens is 1. The Kier molecular flexibility index (Phi) is 5.40. The molecule has 0 unspecified atom stereocenters. The Morgan fingerprint density at radius 1 is 1.08 bits per heavy atom. The maximum absolute atomic E-state index is 13.2. The van der Waals surface area contributed by atoms with Gasteiger partial charge in [-0.2, -0.15) is 0 Å². The van der Waals surface area contributed by atoms with Gasteiger partial charge in [-0.1, -0.05) is 24.3 Å². The Morgan fingerprint density at radius 3 is 2.60 bits per heavy atom. The fraction of sp³-hybridized carbons (Fsp3) is 0.263. The lowest BCUT2D eigenvalue weighted by Gasteiger charge is -2.27. The van der Waals surface area contributed by atoms with Gasteiger partial charge in [0.25, 0.3) is 5.91 Å². The Morgan fingerprint density at radius 2 is 1.84 bits per heavy atom. The minimum Gasteiger partial charge on any atom is -0.378 e. The predicted octanol–water partition coefficient (Wildman–Crippen LogP) is 2.48. The molecule has 1 saturated heterocycles. The zero-order chi connectivity index (χ0) is 17.6. The molecule has 1 aliphatic rings. The number of nitrogens with one attached hydrogen (secondary N) is 1. The van der Waals surface area contributed by atoms with Crippen LogP contribution in [0.15, 0.2) is 48.5 Å². The second kappa shape index (κ2) is 7.90. The molecule has 0 aliphatic carbocycles. The second-order valence-corrected chi connectivity index (χ2v) is 5.81. The number of hydrogen-bond acceptors (Lipinski definition) is 3. The highest BCUT2D eigenvalue weighted by Crippen LogP contribution is 2.18. The van der Waals surface area contributed by atoms with Gasteiger partial charge >= 0.3 is 0 Å². The number of nitrogens with zero attached hydrogens (tertiary/aromatic N) is 1. The zero-order valence-electron chi connectivity index (χ0n) is 13.7. The van der Waals surface area contributed by atoms with Crippen molar-refractivity contribution in [2.75, 3.05) is 31.6 Å². The number of ether oxygens (including phenoxy) is 1. The average molecular weight is 342 g/mol. The molecule has 1 fully saturated rings. The Labute approximate surface area is 145 Å². The van der Waals surface area contributed by atoms with Crippen LogP contribution in [0.2, 0.25) is 0 Å². The lowest BCUT2D eigenvalue weighted by atomic mass is 10.1. The first-order valence-corrected chi connectivity index (χ1v) is 8.14. The molecule has 2 amide bonds. The quantitative estimate of drug-likeness (QED) is 0.929. The highest BCUT2D eigenvalue weighted by Gasteiger charge is 2.21. The van der Waals surface area contributed by atoms with Crippen LogP contribution >= 0.6 is 0 Å². The number of amides is 2. The van der Waals surface area contributed by atoms with Crippen molar-refractivity contribution in [3.05, 3.63) is 65.5 Å². The van der Waals surface area contributed by atoms with Gasteiger partial charge in [0.1, 0.15) is 5.82 Å². The standard InChI is InChI=1S/C19H19FN2O3/c20-15-5-3-4-14(12-15)13-18(23)21-17-7-2-1-6-16(17)19(24)22-8-10-25-11-9-22/h1-7,12H,8-11,13H2,(H,21,23). The van der Waals surface area contributed by atoms with E-state index in [-0.39, 0.29) is 24.1 Å². The molecule has 0 saturated carbocycles. The summed E-state index contributed by atoms with van der Waals surface area (Å²) in [6, 6.07) is 12.8. The van der Waals surface area contributed by atoms with Crippen molar-refractivity contribution in [1.29, 1.82) is 0 Å². The van der Waals surface area contributed by atoms with Gasteiger partial charge in [0.15, 0.2) is 0 Å². The molecule has 1 N–H and O–H groups in total. The largest absolute Gasteiger partial charge is 0.378 e. The number of hydrogen-bond donors (Lipinski definition) is 1. The topological polar surface area (TPSA) is 58.6 Å². The predicted molar refractivity (Wildman–Crippen MR) is 91.9 cm³/mol. The van der Waals surface area contributed by atoms with Crippen molar-refractivity contribution >= 4 is 17.5 Å². The SMILES string of the molecule is O=C(Cc1cccc(F)c1)Nc1ccccc1C(=O)N1CCOCC1. The minimum atomic E-state index is -0.381. The minimum absolute atomic E-state index is 0.0395. The Bertz CT molecular complexity index is 773. The van der Waals surface area contributed by atoms with Crippen LogP contribution in [0.1, 0.15) is 15.9 Å². The fourth-order valence-corrected chi connectivity index (χ4v) is 2.74. The molecule has 0 bridgehead atoms. The van der Waals surface area contributed by atoms with Gasteiger partial charge in [-0.3, -0.25) is 9.59 Å². The smallest absolute Gasteiger partial charge is 0.256 e. The molecule has 2 aromatic carbocycles. The van der Waals surface area contributed by atoms with Crippen molar-refractivity contribution in [3.63, 3.8) is 0 Å². The van der Waals surface area contributed by atoms with E-state index >= 15 is 0 Å². The Balaban J connectivity index is 1.72. The van der Waals surface area contributed by atoms with E-state index in [1.807, 2.05) is 0 Å². The van der Waals surface area contributed by atoms with Crippen LogP contribution in [0.4, 0.5) is 10.1 Å². The molecule has 5 nitrogen and oxygen atoms in total. The highest BCUT2D eigenvalue weighted by atomic mass is 19.1. The summed E-state index contributed by atoms with van der Waals surface area (Å²) in [5, 5.41) is 2.76. The molecule has 0 spiro atoms. The molecule has 2 aromatic rings. The average Bonchev–Trinajstić information content (AvgIpc) is 2.62. The van der Waals surface area contributed by atoms with Gasteiger partial charge in [-0.05, 0) is 29.8 Å². The first kappa shape index (κ1) is 17.1. The number of carbonyl (C=O) groups is 2. The van der Waals surface area contributed by atoms with Crippen LogP contribution in [-0.2, 0) is 16.0 Å². The number of carbonyl (C=O) groups excluding carboxylic acids is 2. The highest BCUT2D eigenvalue weighted by molar-refractivity contribution is 6.04. The van der Waals surface area contributed by atoms with Crippen LogP contribution in [0.3, 0.4) is 0 Å². The summed E-state index contributed by atoms with van der Waals surface area (Å²) in [6.45, 7) is 2.09. The van der Waals surface area contributed by atoms with Crippen LogP contribution in [0.5, 0.6) is 0 Å². The van der Waals surface area contributed by atoms with Crippen molar-refractivity contribution in [2.45, 2.75) is 6.42 Å². The molecule has 25 heavy (non-hydrogen) atoms. The summed E-state index contributed by atoms with van der Waals surface area (Å²) < 4.78 is 18.5. The van der Waals surface area contributed by atoms with Crippen molar-refractivity contribution in [1.82, 2.24) is 4.90 Å². The summed E-state index contributed by atoms with van der Waals surface area (Å²) in [6.07, 6.45) is 0.0395. The first-order valence-electron chi connectivity index (χ1n) is 8.14. The third kappa shape index (κ3) is 4.42. The molecule has 1 aliphatic heterocycles. The number of rotatable bonds is 4. The molecule has 0 radical (unpaired) electrons. The molecule has 6 heteroatoms.